The number of nitrogens with one attached hydrogen (secondary N) is 1. The Morgan fingerprint density at radius 1 is 1.35 bits per heavy atom. The van der Waals surface area contributed by atoms with Crippen molar-refractivity contribution in [1.82, 2.24) is 5.32 Å². The average molecular weight is 338 g/mol. The van der Waals surface area contributed by atoms with E-state index < -0.39 is 10.1 Å². The molecule has 1 aromatic carbocycles. The first-order valence-electron chi connectivity index (χ1n) is 6.33. The molecule has 1 N–H and O–H groups in total. The van der Waals surface area contributed by atoms with E-state index in [0.717, 1.165) is 31.3 Å². The van der Waals surface area contributed by atoms with Gasteiger partial charge in [-0.1, -0.05) is 29.3 Å². The van der Waals surface area contributed by atoms with Crippen molar-refractivity contribution in [2.45, 2.75) is 18.3 Å². The molecule has 1 fully saturated rings. The lowest BCUT2D eigenvalue weighted by Crippen LogP contribution is -2.31. The minimum Gasteiger partial charge on any atom is -0.316 e. The van der Waals surface area contributed by atoms with E-state index in [1.165, 1.54) is 0 Å². The maximum atomic E-state index is 11.1. The zero-order chi connectivity index (χ0) is 14.8. The van der Waals surface area contributed by atoms with Crippen LogP contribution in [0.25, 0.3) is 0 Å². The van der Waals surface area contributed by atoms with Gasteiger partial charge in [0.25, 0.3) is 10.1 Å². The monoisotopic (exact) mass is 337 g/mol. The van der Waals surface area contributed by atoms with E-state index in [-0.39, 0.29) is 12.0 Å². The largest absolute Gasteiger partial charge is 0.316 e. The molecule has 0 aliphatic carbocycles. The van der Waals surface area contributed by atoms with Crippen LogP contribution in [0.4, 0.5) is 0 Å². The molecular formula is C13H17Cl2NO3S. The molecule has 1 unspecified atom stereocenters. The third-order valence-corrected chi connectivity index (χ3v) is 4.99. The number of hydrogen-bond acceptors (Lipinski definition) is 4. The van der Waals surface area contributed by atoms with Gasteiger partial charge in [0, 0.05) is 12.0 Å². The summed E-state index contributed by atoms with van der Waals surface area (Å²) in [7, 11) is -3.41. The maximum Gasteiger partial charge on any atom is 0.264 e. The molecule has 7 heteroatoms. The van der Waals surface area contributed by atoms with Gasteiger partial charge in [-0.3, -0.25) is 4.18 Å². The second-order valence-corrected chi connectivity index (χ2v) is 7.57. The summed E-state index contributed by atoms with van der Waals surface area (Å²) < 4.78 is 27.0. The predicted octanol–water partition coefficient (Wildman–Crippen LogP) is 2.59. The normalized spacial score (nSPS) is 23.1. The molecule has 1 aliphatic heterocycles. The van der Waals surface area contributed by atoms with Crippen molar-refractivity contribution in [2.75, 3.05) is 26.0 Å². The minimum absolute atomic E-state index is 0.154. The van der Waals surface area contributed by atoms with Crippen molar-refractivity contribution < 1.29 is 12.6 Å². The van der Waals surface area contributed by atoms with E-state index >= 15 is 0 Å². The van der Waals surface area contributed by atoms with Crippen LogP contribution >= 0.6 is 23.2 Å². The molecule has 1 heterocycles. The summed E-state index contributed by atoms with van der Waals surface area (Å²) in [5.74, 6) is 0. The summed E-state index contributed by atoms with van der Waals surface area (Å²) in [5, 5.41) is 4.34. The standard InChI is InChI=1S/C13H17Cl2NO3S/c1-20(17,18)19-7-5-13(4-6-16-9-13)10-2-3-11(14)12(15)8-10/h2-3,8,16H,4-7,9H2,1H3. The van der Waals surface area contributed by atoms with Gasteiger partial charge in [-0.2, -0.15) is 8.42 Å². The van der Waals surface area contributed by atoms with Gasteiger partial charge in [0.1, 0.15) is 0 Å². The first-order chi connectivity index (χ1) is 9.32. The van der Waals surface area contributed by atoms with Gasteiger partial charge >= 0.3 is 0 Å². The minimum atomic E-state index is -3.41. The molecule has 1 aliphatic rings. The lowest BCUT2D eigenvalue weighted by Gasteiger charge is -2.29. The molecular weight excluding hydrogens is 321 g/mol. The second-order valence-electron chi connectivity index (χ2n) is 5.11. The van der Waals surface area contributed by atoms with Gasteiger partial charge < -0.3 is 5.32 Å². The molecule has 112 valence electrons. The van der Waals surface area contributed by atoms with Gasteiger partial charge in [-0.25, -0.2) is 0 Å². The molecule has 1 saturated heterocycles. The molecule has 0 saturated carbocycles. The van der Waals surface area contributed by atoms with Crippen molar-refractivity contribution in [2.24, 2.45) is 0 Å². The molecule has 0 spiro atoms. The summed E-state index contributed by atoms with van der Waals surface area (Å²) in [5.41, 5.74) is 0.910. The van der Waals surface area contributed by atoms with Gasteiger partial charge in [-0.15, -0.1) is 0 Å². The number of halogens is 2. The van der Waals surface area contributed by atoms with Crippen molar-refractivity contribution >= 4 is 33.3 Å². The van der Waals surface area contributed by atoms with E-state index in [1.54, 1.807) is 6.07 Å². The van der Waals surface area contributed by atoms with Crippen LogP contribution in [-0.2, 0) is 19.7 Å². The lowest BCUT2D eigenvalue weighted by molar-refractivity contribution is 0.269. The molecule has 20 heavy (non-hydrogen) atoms. The summed E-state index contributed by atoms with van der Waals surface area (Å²) >= 11 is 12.0. The lowest BCUT2D eigenvalue weighted by atomic mass is 9.77. The fourth-order valence-corrected chi connectivity index (χ4v) is 3.25. The quantitative estimate of drug-likeness (QED) is 0.839. The van der Waals surface area contributed by atoms with Crippen LogP contribution in [-0.4, -0.2) is 34.4 Å². The predicted molar refractivity (Wildman–Crippen MR) is 81.0 cm³/mol. The Balaban J connectivity index is 2.18. The van der Waals surface area contributed by atoms with E-state index in [9.17, 15) is 8.42 Å². The van der Waals surface area contributed by atoms with Crippen LogP contribution in [0.1, 0.15) is 18.4 Å². The highest BCUT2D eigenvalue weighted by atomic mass is 35.5. The Labute approximate surface area is 129 Å². The van der Waals surface area contributed by atoms with E-state index in [1.807, 2.05) is 12.1 Å². The van der Waals surface area contributed by atoms with Crippen molar-refractivity contribution in [3.05, 3.63) is 33.8 Å². The van der Waals surface area contributed by atoms with Crippen LogP contribution in [0.15, 0.2) is 18.2 Å². The van der Waals surface area contributed by atoms with E-state index in [2.05, 4.69) is 5.32 Å². The van der Waals surface area contributed by atoms with E-state index in [4.69, 9.17) is 27.4 Å². The smallest absolute Gasteiger partial charge is 0.264 e. The van der Waals surface area contributed by atoms with Crippen LogP contribution in [0.2, 0.25) is 10.0 Å². The average Bonchev–Trinajstić information content (AvgIpc) is 2.81. The Kier molecular flexibility index (Phi) is 4.97. The highest BCUT2D eigenvalue weighted by Gasteiger charge is 2.35. The third kappa shape index (κ3) is 3.86. The number of benzene rings is 1. The maximum absolute atomic E-state index is 11.1. The van der Waals surface area contributed by atoms with Crippen LogP contribution in [0.3, 0.4) is 0 Å². The highest BCUT2D eigenvalue weighted by molar-refractivity contribution is 7.85. The molecule has 4 nitrogen and oxygen atoms in total. The summed E-state index contributed by atoms with van der Waals surface area (Å²) in [6, 6.07) is 5.58. The van der Waals surface area contributed by atoms with Gasteiger partial charge in [0.05, 0.1) is 22.9 Å². The summed E-state index contributed by atoms with van der Waals surface area (Å²) in [4.78, 5) is 0. The molecule has 0 amide bonds. The van der Waals surface area contributed by atoms with Gasteiger partial charge in [0.2, 0.25) is 0 Å². The fourth-order valence-electron chi connectivity index (χ4n) is 2.56. The molecule has 1 atom stereocenters. The zero-order valence-electron chi connectivity index (χ0n) is 11.2. The van der Waals surface area contributed by atoms with Crippen molar-refractivity contribution in [1.29, 1.82) is 0 Å². The topological polar surface area (TPSA) is 55.4 Å². The number of rotatable bonds is 5. The first-order valence-corrected chi connectivity index (χ1v) is 8.90. The van der Waals surface area contributed by atoms with E-state index in [0.29, 0.717) is 16.5 Å². The van der Waals surface area contributed by atoms with Crippen LogP contribution in [0, 0.1) is 0 Å². The Hall–Kier alpha value is -0.330. The van der Waals surface area contributed by atoms with Crippen molar-refractivity contribution in [3.63, 3.8) is 0 Å². The zero-order valence-corrected chi connectivity index (χ0v) is 13.5. The summed E-state index contributed by atoms with van der Waals surface area (Å²) in [6.07, 6.45) is 2.59. The molecule has 0 aromatic heterocycles. The SMILES string of the molecule is CS(=O)(=O)OCCC1(c2ccc(Cl)c(Cl)c2)CCNC1. The molecule has 0 bridgehead atoms. The van der Waals surface area contributed by atoms with Crippen LogP contribution < -0.4 is 5.32 Å². The Morgan fingerprint density at radius 2 is 2.10 bits per heavy atom. The Bertz CT molecular complexity index is 583. The first kappa shape index (κ1) is 16.0. The Morgan fingerprint density at radius 3 is 2.65 bits per heavy atom. The third-order valence-electron chi connectivity index (χ3n) is 3.65. The van der Waals surface area contributed by atoms with Crippen LogP contribution in [0.5, 0.6) is 0 Å². The summed E-state index contributed by atoms with van der Waals surface area (Å²) in [6.45, 7) is 1.83. The highest BCUT2D eigenvalue weighted by Crippen LogP contribution is 2.37. The van der Waals surface area contributed by atoms with Gasteiger partial charge in [0.15, 0.2) is 0 Å². The second kappa shape index (κ2) is 6.20. The van der Waals surface area contributed by atoms with Gasteiger partial charge in [-0.05, 0) is 37.1 Å². The fraction of sp³-hybridized carbons (Fsp3) is 0.538. The molecule has 1 aromatic rings. The number of hydrogen-bond donors (Lipinski definition) is 1. The van der Waals surface area contributed by atoms with Crippen molar-refractivity contribution in [3.8, 4) is 0 Å². The molecule has 2 rings (SSSR count). The molecule has 0 radical (unpaired) electrons.